The highest BCUT2D eigenvalue weighted by molar-refractivity contribution is 6.42. The molecule has 6 nitrogen and oxygen atoms in total. The highest BCUT2D eigenvalue weighted by Gasteiger charge is 2.52. The molecule has 36 heavy (non-hydrogen) atoms. The van der Waals surface area contributed by atoms with Gasteiger partial charge in [0, 0.05) is 37.9 Å². The lowest BCUT2D eigenvalue weighted by molar-refractivity contribution is -0.136. The number of aromatic nitrogens is 2. The van der Waals surface area contributed by atoms with Crippen LogP contribution in [-0.4, -0.2) is 58.7 Å². The molecule has 1 amide bonds. The summed E-state index contributed by atoms with van der Waals surface area (Å²) in [7, 11) is 0. The summed E-state index contributed by atoms with van der Waals surface area (Å²) in [6.07, 6.45) is -3.51. The van der Waals surface area contributed by atoms with E-state index >= 15 is 0 Å². The molecule has 2 aromatic carbocycles. The van der Waals surface area contributed by atoms with Crippen molar-refractivity contribution in [3.63, 3.8) is 0 Å². The van der Waals surface area contributed by atoms with Crippen molar-refractivity contribution >= 4 is 46.3 Å². The van der Waals surface area contributed by atoms with Gasteiger partial charge in [0.15, 0.2) is 5.82 Å². The van der Waals surface area contributed by atoms with Gasteiger partial charge < -0.3 is 9.80 Å². The number of aliphatic imine (C=N–C) groups is 1. The van der Waals surface area contributed by atoms with Crippen LogP contribution in [0.3, 0.4) is 0 Å². The smallest absolute Gasteiger partial charge is 0.368 e. The summed E-state index contributed by atoms with van der Waals surface area (Å²) in [6.45, 7) is 1.15. The maximum absolute atomic E-state index is 14.3. The predicted molar refractivity (Wildman–Crippen MR) is 129 cm³/mol. The number of anilines is 1. The summed E-state index contributed by atoms with van der Waals surface area (Å²) >= 11 is 12.2. The lowest BCUT2D eigenvalue weighted by atomic mass is 9.86. The van der Waals surface area contributed by atoms with Gasteiger partial charge in [-0.1, -0.05) is 29.3 Å². The Bertz CT molecular complexity index is 1320. The van der Waals surface area contributed by atoms with E-state index in [4.69, 9.17) is 23.2 Å². The van der Waals surface area contributed by atoms with Crippen LogP contribution in [0.5, 0.6) is 0 Å². The molecule has 12 heteroatoms. The van der Waals surface area contributed by atoms with Crippen molar-refractivity contribution in [3.8, 4) is 0 Å². The fourth-order valence-electron chi connectivity index (χ4n) is 4.65. The van der Waals surface area contributed by atoms with E-state index in [9.17, 15) is 22.4 Å². The third kappa shape index (κ3) is 4.55. The number of nitrogens with zero attached hydrogens (tertiary/aromatic N) is 5. The van der Waals surface area contributed by atoms with Gasteiger partial charge in [-0.25, -0.2) is 14.1 Å². The monoisotopic (exact) mass is 539 g/mol. The second-order valence-corrected chi connectivity index (χ2v) is 9.33. The number of fused-ring (bicyclic) bond motifs is 1. The van der Waals surface area contributed by atoms with E-state index in [1.165, 1.54) is 52.2 Å². The molecule has 2 atom stereocenters. The molecule has 1 fully saturated rings. The van der Waals surface area contributed by atoms with Crippen LogP contribution in [0.15, 0.2) is 59.7 Å². The lowest BCUT2D eigenvalue weighted by Gasteiger charge is -2.40. The number of carbonyl (C=O) groups is 1. The third-order valence-corrected chi connectivity index (χ3v) is 7.12. The lowest BCUT2D eigenvalue weighted by Crippen LogP contribution is -2.54. The fourth-order valence-corrected chi connectivity index (χ4v) is 4.96. The van der Waals surface area contributed by atoms with Crippen LogP contribution in [0.1, 0.15) is 11.6 Å². The van der Waals surface area contributed by atoms with Gasteiger partial charge in [0.1, 0.15) is 17.4 Å². The first kappa shape index (κ1) is 24.6. The second kappa shape index (κ2) is 9.40. The molecule has 3 heterocycles. The molecule has 0 radical (unpaired) electrons. The van der Waals surface area contributed by atoms with Crippen molar-refractivity contribution < 1.29 is 22.4 Å². The summed E-state index contributed by atoms with van der Waals surface area (Å²) < 4.78 is 57.3. The molecule has 2 aliphatic rings. The summed E-state index contributed by atoms with van der Waals surface area (Å²) in [6, 6.07) is 10.6. The fraction of sp³-hybridized carbons (Fsp3) is 0.292. The number of carbonyl (C=O) groups excluding carboxylic acids is 1. The number of amides is 1. The van der Waals surface area contributed by atoms with E-state index in [-0.39, 0.29) is 34.8 Å². The number of rotatable bonds is 3. The number of hydrogen-bond acceptors (Lipinski definition) is 4. The Morgan fingerprint density at radius 3 is 2.28 bits per heavy atom. The molecule has 0 bridgehead atoms. The maximum Gasteiger partial charge on any atom is 0.430 e. The van der Waals surface area contributed by atoms with Gasteiger partial charge in [0.05, 0.1) is 22.3 Å². The first-order valence-corrected chi connectivity index (χ1v) is 11.8. The molecule has 3 aromatic rings. The molecule has 188 valence electrons. The summed E-state index contributed by atoms with van der Waals surface area (Å²) in [5, 5.41) is 4.56. The zero-order valence-corrected chi connectivity index (χ0v) is 20.1. The normalized spacial score (nSPS) is 20.2. The second-order valence-electron chi connectivity index (χ2n) is 8.51. The number of benzene rings is 2. The number of hydrogen-bond donors (Lipinski definition) is 0. The molecule has 0 N–H and O–H groups in total. The van der Waals surface area contributed by atoms with Gasteiger partial charge in [0.25, 0.3) is 0 Å². The molecule has 5 rings (SSSR count). The van der Waals surface area contributed by atoms with Gasteiger partial charge >= 0.3 is 6.18 Å². The Hall–Kier alpha value is -3.11. The third-order valence-electron chi connectivity index (χ3n) is 6.38. The van der Waals surface area contributed by atoms with Crippen LogP contribution in [0.2, 0.25) is 10.0 Å². The van der Waals surface area contributed by atoms with Crippen LogP contribution >= 0.6 is 23.2 Å². The molecule has 0 spiro atoms. The predicted octanol–water partition coefficient (Wildman–Crippen LogP) is 5.53. The molecule has 2 aliphatic heterocycles. The van der Waals surface area contributed by atoms with E-state index < -0.39 is 29.8 Å². The van der Waals surface area contributed by atoms with E-state index in [1.807, 2.05) is 4.90 Å². The summed E-state index contributed by atoms with van der Waals surface area (Å²) in [5.74, 6) is -2.76. The molecule has 0 aliphatic carbocycles. The van der Waals surface area contributed by atoms with Crippen molar-refractivity contribution in [2.45, 2.75) is 12.2 Å². The van der Waals surface area contributed by atoms with Crippen molar-refractivity contribution in [3.05, 3.63) is 76.2 Å². The molecule has 2 unspecified atom stereocenters. The average molecular weight is 540 g/mol. The minimum absolute atomic E-state index is 0.0106. The Morgan fingerprint density at radius 1 is 0.944 bits per heavy atom. The zero-order valence-electron chi connectivity index (χ0n) is 18.6. The number of piperazine rings is 1. The zero-order chi connectivity index (χ0) is 25.6. The molecular weight excluding hydrogens is 521 g/mol. The largest absolute Gasteiger partial charge is 0.430 e. The highest BCUT2D eigenvalue weighted by Crippen LogP contribution is 2.42. The molecule has 0 saturated carbocycles. The maximum atomic E-state index is 14.3. The summed E-state index contributed by atoms with van der Waals surface area (Å²) in [5.41, 5.74) is -0.0552. The quantitative estimate of drug-likeness (QED) is 0.411. The Balaban J connectivity index is 1.49. The van der Waals surface area contributed by atoms with E-state index in [2.05, 4.69) is 10.1 Å². The van der Waals surface area contributed by atoms with Crippen molar-refractivity contribution in [2.75, 3.05) is 31.1 Å². The van der Waals surface area contributed by atoms with Gasteiger partial charge in [-0.05, 0) is 42.0 Å². The first-order chi connectivity index (χ1) is 17.1. The van der Waals surface area contributed by atoms with Crippen LogP contribution < -0.4 is 4.90 Å². The van der Waals surface area contributed by atoms with Crippen LogP contribution in [0.4, 0.5) is 29.1 Å². The van der Waals surface area contributed by atoms with Crippen molar-refractivity contribution in [1.82, 2.24) is 14.7 Å². The Kier molecular flexibility index (Phi) is 6.42. The van der Waals surface area contributed by atoms with Gasteiger partial charge in [-0.15, -0.1) is 0 Å². The van der Waals surface area contributed by atoms with E-state index in [0.29, 0.717) is 18.7 Å². The van der Waals surface area contributed by atoms with Crippen LogP contribution in [-0.2, 0) is 4.79 Å². The first-order valence-electron chi connectivity index (χ1n) is 11.1. The minimum Gasteiger partial charge on any atom is -0.368 e. The van der Waals surface area contributed by atoms with Gasteiger partial charge in [-0.3, -0.25) is 4.79 Å². The van der Waals surface area contributed by atoms with Crippen molar-refractivity contribution in [2.24, 2.45) is 10.9 Å². The van der Waals surface area contributed by atoms with Crippen molar-refractivity contribution in [1.29, 1.82) is 0 Å². The minimum atomic E-state index is -4.85. The van der Waals surface area contributed by atoms with E-state index in [1.54, 1.807) is 12.1 Å². The van der Waals surface area contributed by atoms with Crippen LogP contribution in [0.25, 0.3) is 0 Å². The number of halogens is 6. The van der Waals surface area contributed by atoms with Gasteiger partial charge in [-0.2, -0.15) is 18.3 Å². The van der Waals surface area contributed by atoms with Gasteiger partial charge in [0.2, 0.25) is 5.91 Å². The average Bonchev–Trinajstić information content (AvgIpc) is 3.33. The van der Waals surface area contributed by atoms with Crippen LogP contribution in [0, 0.1) is 11.7 Å². The Morgan fingerprint density at radius 2 is 1.64 bits per heavy atom. The molecular formula is C24H19Cl2F4N5O. The number of alkyl halides is 3. The topological polar surface area (TPSA) is 53.7 Å². The molecule has 1 saturated heterocycles. The summed E-state index contributed by atoms with van der Waals surface area (Å²) in [4.78, 5) is 20.9. The highest BCUT2D eigenvalue weighted by atomic mass is 35.5. The SMILES string of the molecule is O=C(C1C(C(F)(F)F)=Nc2ccnn2C1c1ccc(Cl)c(Cl)c1)N1CCN(c2ccc(F)cc2)CC1. The van der Waals surface area contributed by atoms with E-state index in [0.717, 1.165) is 5.69 Å². The Labute approximate surface area is 213 Å². The molecule has 1 aromatic heterocycles. The standard InChI is InChI=1S/C24H19Cl2F4N5O/c25-17-6-1-14(13-18(17)26)21-20(22(24(28,29)30)32-19-7-8-31-35(19)21)23(36)34-11-9-33(10-12-34)16-4-2-15(27)3-5-16/h1-8,13,20-21H,9-12H2.